The van der Waals surface area contributed by atoms with E-state index in [1.165, 1.54) is 4.88 Å². The standard InChI is InChI=1S/C17H23ClN4OS.HI/c1-4-14-10-20-16(24-14)11-22-17(19-5-2)21-9-12-6-7-13(18)8-15(12)23-3;/h6-8,10H,4-5,9,11H2,1-3H3,(H2,19,21,22);1H. The summed E-state index contributed by atoms with van der Waals surface area (Å²) in [5.74, 6) is 1.50. The van der Waals surface area contributed by atoms with Crippen molar-refractivity contribution in [1.82, 2.24) is 15.6 Å². The van der Waals surface area contributed by atoms with Gasteiger partial charge in [0, 0.05) is 28.2 Å². The molecule has 0 fully saturated rings. The number of aliphatic imine (C=N–C) groups is 1. The van der Waals surface area contributed by atoms with E-state index in [0.29, 0.717) is 18.1 Å². The number of nitrogens with one attached hydrogen (secondary N) is 2. The lowest BCUT2D eigenvalue weighted by Crippen LogP contribution is -2.36. The minimum absolute atomic E-state index is 0. The highest BCUT2D eigenvalue weighted by atomic mass is 127. The molecule has 0 unspecified atom stereocenters. The molecule has 0 atom stereocenters. The Morgan fingerprint density at radius 2 is 2.12 bits per heavy atom. The highest BCUT2D eigenvalue weighted by Gasteiger charge is 2.05. The van der Waals surface area contributed by atoms with Gasteiger partial charge in [-0.2, -0.15) is 0 Å². The summed E-state index contributed by atoms with van der Waals surface area (Å²) in [6.45, 7) is 6.14. The van der Waals surface area contributed by atoms with Crippen LogP contribution in [0.15, 0.2) is 29.4 Å². The minimum Gasteiger partial charge on any atom is -0.496 e. The van der Waals surface area contributed by atoms with Gasteiger partial charge in [0.1, 0.15) is 10.8 Å². The van der Waals surface area contributed by atoms with Gasteiger partial charge in [-0.25, -0.2) is 9.98 Å². The number of halogens is 2. The molecule has 1 heterocycles. The Labute approximate surface area is 175 Å². The van der Waals surface area contributed by atoms with Gasteiger partial charge in [-0.15, -0.1) is 35.3 Å². The molecule has 0 aliphatic heterocycles. The van der Waals surface area contributed by atoms with Gasteiger partial charge < -0.3 is 15.4 Å². The van der Waals surface area contributed by atoms with Crippen molar-refractivity contribution in [1.29, 1.82) is 0 Å². The fourth-order valence-corrected chi connectivity index (χ4v) is 3.07. The van der Waals surface area contributed by atoms with E-state index in [-0.39, 0.29) is 24.0 Å². The first-order valence-electron chi connectivity index (χ1n) is 7.94. The first-order chi connectivity index (χ1) is 11.7. The van der Waals surface area contributed by atoms with Gasteiger partial charge in [0.05, 0.1) is 20.2 Å². The second-order valence-electron chi connectivity index (χ2n) is 5.08. The van der Waals surface area contributed by atoms with Crippen LogP contribution in [0, 0.1) is 0 Å². The lowest BCUT2D eigenvalue weighted by molar-refractivity contribution is 0.410. The van der Waals surface area contributed by atoms with Gasteiger partial charge in [-0.3, -0.25) is 0 Å². The van der Waals surface area contributed by atoms with Gasteiger partial charge in [0.25, 0.3) is 0 Å². The average molecular weight is 495 g/mol. The van der Waals surface area contributed by atoms with Crippen LogP contribution in [0.3, 0.4) is 0 Å². The third-order valence-electron chi connectivity index (χ3n) is 3.36. The number of ether oxygens (including phenoxy) is 1. The second kappa shape index (κ2) is 11.5. The van der Waals surface area contributed by atoms with Crippen molar-refractivity contribution in [3.63, 3.8) is 0 Å². The Morgan fingerprint density at radius 1 is 1.32 bits per heavy atom. The number of hydrogen-bond donors (Lipinski definition) is 2. The van der Waals surface area contributed by atoms with Crippen molar-refractivity contribution in [2.45, 2.75) is 33.4 Å². The molecule has 5 nitrogen and oxygen atoms in total. The van der Waals surface area contributed by atoms with Crippen molar-refractivity contribution < 1.29 is 4.74 Å². The van der Waals surface area contributed by atoms with E-state index < -0.39 is 0 Å². The first-order valence-corrected chi connectivity index (χ1v) is 9.13. The molecule has 2 rings (SSSR count). The van der Waals surface area contributed by atoms with Crippen LogP contribution >= 0.6 is 46.9 Å². The zero-order valence-electron chi connectivity index (χ0n) is 14.6. The summed E-state index contributed by atoms with van der Waals surface area (Å²) in [7, 11) is 1.64. The van der Waals surface area contributed by atoms with Crippen molar-refractivity contribution in [3.8, 4) is 5.75 Å². The fourth-order valence-electron chi connectivity index (χ4n) is 2.11. The molecule has 0 spiro atoms. The first kappa shape index (κ1) is 22.0. The monoisotopic (exact) mass is 494 g/mol. The lowest BCUT2D eigenvalue weighted by Gasteiger charge is -2.11. The Bertz CT molecular complexity index is 693. The van der Waals surface area contributed by atoms with Gasteiger partial charge in [0.15, 0.2) is 5.96 Å². The number of aromatic nitrogens is 1. The van der Waals surface area contributed by atoms with Crippen LogP contribution in [0.1, 0.15) is 29.3 Å². The van der Waals surface area contributed by atoms with E-state index in [9.17, 15) is 0 Å². The maximum atomic E-state index is 5.99. The molecule has 1 aromatic heterocycles. The number of guanidine groups is 1. The molecule has 0 aliphatic carbocycles. The predicted octanol–water partition coefficient (Wildman–Crippen LogP) is 4.24. The molecular formula is C17H24ClIN4OS. The Kier molecular flexibility index (Phi) is 10.1. The molecule has 0 amide bonds. The number of benzene rings is 1. The minimum atomic E-state index is 0. The molecule has 0 radical (unpaired) electrons. The van der Waals surface area contributed by atoms with E-state index >= 15 is 0 Å². The van der Waals surface area contributed by atoms with E-state index in [4.69, 9.17) is 16.3 Å². The van der Waals surface area contributed by atoms with Gasteiger partial charge >= 0.3 is 0 Å². The van der Waals surface area contributed by atoms with E-state index in [2.05, 4.69) is 27.5 Å². The van der Waals surface area contributed by atoms with Crippen LogP contribution < -0.4 is 15.4 Å². The summed E-state index contributed by atoms with van der Waals surface area (Å²) in [4.78, 5) is 10.3. The highest BCUT2D eigenvalue weighted by molar-refractivity contribution is 14.0. The lowest BCUT2D eigenvalue weighted by atomic mass is 10.2. The average Bonchev–Trinajstić information content (AvgIpc) is 3.06. The number of aryl methyl sites for hydroxylation is 1. The third-order valence-corrected chi connectivity index (χ3v) is 4.73. The molecule has 1 aromatic carbocycles. The topological polar surface area (TPSA) is 58.5 Å². The second-order valence-corrected chi connectivity index (χ2v) is 6.71. The molecular weight excluding hydrogens is 471 g/mol. The summed E-state index contributed by atoms with van der Waals surface area (Å²) in [5, 5.41) is 8.26. The number of thiazole rings is 1. The highest BCUT2D eigenvalue weighted by Crippen LogP contribution is 2.23. The smallest absolute Gasteiger partial charge is 0.191 e. The molecule has 2 N–H and O–H groups in total. The molecule has 0 bridgehead atoms. The van der Waals surface area contributed by atoms with Crippen LogP contribution in [0.4, 0.5) is 0 Å². The summed E-state index contributed by atoms with van der Waals surface area (Å²) in [6, 6.07) is 5.58. The summed E-state index contributed by atoms with van der Waals surface area (Å²) >= 11 is 7.72. The molecule has 0 saturated heterocycles. The number of rotatable bonds is 7. The quantitative estimate of drug-likeness (QED) is 0.343. The normalized spacial score (nSPS) is 11.0. The molecule has 25 heavy (non-hydrogen) atoms. The molecule has 0 aliphatic rings. The largest absolute Gasteiger partial charge is 0.496 e. The van der Waals surface area contributed by atoms with Crippen LogP contribution in [0.2, 0.25) is 5.02 Å². The van der Waals surface area contributed by atoms with Gasteiger partial charge in [-0.1, -0.05) is 24.6 Å². The van der Waals surface area contributed by atoms with E-state index in [1.807, 2.05) is 25.3 Å². The van der Waals surface area contributed by atoms with Crippen LogP contribution in [0.25, 0.3) is 0 Å². The van der Waals surface area contributed by atoms with Crippen molar-refractivity contribution in [2.24, 2.45) is 4.99 Å². The van der Waals surface area contributed by atoms with Crippen molar-refractivity contribution >= 4 is 52.9 Å². The van der Waals surface area contributed by atoms with Gasteiger partial charge in [-0.05, 0) is 25.5 Å². The summed E-state index contributed by atoms with van der Waals surface area (Å²) in [6.07, 6.45) is 2.95. The Balaban J connectivity index is 0.00000312. The molecule has 2 aromatic rings. The zero-order chi connectivity index (χ0) is 17.4. The predicted molar refractivity (Wildman–Crippen MR) is 117 cm³/mol. The summed E-state index contributed by atoms with van der Waals surface area (Å²) in [5.41, 5.74) is 0.988. The maximum absolute atomic E-state index is 5.99. The SMILES string of the molecule is CCNC(=NCc1ccc(Cl)cc1OC)NCc1ncc(CC)s1.I. The summed E-state index contributed by atoms with van der Waals surface area (Å²) < 4.78 is 5.36. The van der Waals surface area contributed by atoms with Crippen LogP contribution in [-0.4, -0.2) is 24.6 Å². The van der Waals surface area contributed by atoms with E-state index in [0.717, 1.165) is 35.2 Å². The number of nitrogens with zero attached hydrogens (tertiary/aromatic N) is 2. The molecule has 138 valence electrons. The van der Waals surface area contributed by atoms with Crippen molar-refractivity contribution in [3.05, 3.63) is 44.9 Å². The Hall–Kier alpha value is -1.06. The fraction of sp³-hybridized carbons (Fsp3) is 0.412. The number of hydrogen-bond acceptors (Lipinski definition) is 4. The Morgan fingerprint density at radius 3 is 2.76 bits per heavy atom. The van der Waals surface area contributed by atoms with E-state index in [1.54, 1.807) is 24.5 Å². The molecule has 8 heteroatoms. The number of methoxy groups -OCH3 is 1. The molecule has 0 saturated carbocycles. The maximum Gasteiger partial charge on any atom is 0.191 e. The van der Waals surface area contributed by atoms with Crippen molar-refractivity contribution in [2.75, 3.05) is 13.7 Å². The zero-order valence-corrected chi connectivity index (χ0v) is 18.5. The van der Waals surface area contributed by atoms with Crippen LogP contribution in [-0.2, 0) is 19.5 Å². The van der Waals surface area contributed by atoms with Gasteiger partial charge in [0.2, 0.25) is 0 Å². The third kappa shape index (κ3) is 6.99. The van der Waals surface area contributed by atoms with Crippen LogP contribution in [0.5, 0.6) is 5.75 Å².